The molecule has 0 N–H and O–H groups in total. The van der Waals surface area contributed by atoms with Gasteiger partial charge in [-0.05, 0) is 48.5 Å². The molecule has 4 rings (SSSR count). The summed E-state index contributed by atoms with van der Waals surface area (Å²) in [5.74, 6) is 0.551. The maximum atomic E-state index is 13.1. The van der Waals surface area contributed by atoms with Crippen LogP contribution in [0.1, 0.15) is 43.2 Å². The molecule has 2 aromatic rings. The summed E-state index contributed by atoms with van der Waals surface area (Å²) in [4.78, 5) is 9.92. The van der Waals surface area contributed by atoms with Crippen molar-refractivity contribution in [2.45, 2.75) is 56.9 Å². The van der Waals surface area contributed by atoms with Crippen LogP contribution >= 0.6 is 15.9 Å². The van der Waals surface area contributed by atoms with Crippen molar-refractivity contribution in [2.75, 3.05) is 4.90 Å². The first-order valence-electron chi connectivity index (χ1n) is 8.22. The first-order valence-corrected chi connectivity index (χ1v) is 9.01. The average Bonchev–Trinajstić information content (AvgIpc) is 3.07. The van der Waals surface area contributed by atoms with Crippen molar-refractivity contribution >= 4 is 21.7 Å². The van der Waals surface area contributed by atoms with E-state index in [9.17, 15) is 13.2 Å². The monoisotopic (exact) mass is 415 g/mol. The summed E-state index contributed by atoms with van der Waals surface area (Å²) in [6.45, 7) is 1.51. The Morgan fingerprint density at radius 2 is 1.80 bits per heavy atom. The fourth-order valence-corrected chi connectivity index (χ4v) is 4.38. The van der Waals surface area contributed by atoms with Crippen LogP contribution in [0.3, 0.4) is 0 Å². The number of fused-ring (bicyclic) bond motifs is 2. The second-order valence-electron chi connectivity index (χ2n) is 6.71. The summed E-state index contributed by atoms with van der Waals surface area (Å²) in [5, 5.41) is 4.37. The Morgan fingerprint density at radius 1 is 1.12 bits per heavy atom. The molecule has 5 nitrogen and oxygen atoms in total. The van der Waals surface area contributed by atoms with Gasteiger partial charge < -0.3 is 4.90 Å². The Labute approximate surface area is 151 Å². The summed E-state index contributed by atoms with van der Waals surface area (Å²) in [6.07, 6.45) is 2.90. The quantitative estimate of drug-likeness (QED) is 0.739. The largest absolute Gasteiger partial charge is 0.433 e. The van der Waals surface area contributed by atoms with Gasteiger partial charge in [-0.1, -0.05) is 0 Å². The number of aromatic nitrogens is 4. The molecule has 4 heterocycles. The van der Waals surface area contributed by atoms with Crippen molar-refractivity contribution in [3.8, 4) is 0 Å². The van der Waals surface area contributed by atoms with E-state index in [4.69, 9.17) is 0 Å². The van der Waals surface area contributed by atoms with E-state index in [-0.39, 0.29) is 23.9 Å². The number of rotatable bonds is 2. The molecule has 2 aliphatic heterocycles. The van der Waals surface area contributed by atoms with Crippen molar-refractivity contribution in [3.05, 3.63) is 34.5 Å². The molecule has 2 aliphatic rings. The Morgan fingerprint density at radius 3 is 2.36 bits per heavy atom. The minimum absolute atomic E-state index is 0.155. The third-order valence-corrected chi connectivity index (χ3v) is 5.44. The molecule has 2 saturated heterocycles. The summed E-state index contributed by atoms with van der Waals surface area (Å²) < 4.78 is 42.1. The van der Waals surface area contributed by atoms with Gasteiger partial charge in [-0.15, -0.1) is 0 Å². The van der Waals surface area contributed by atoms with Gasteiger partial charge in [0.25, 0.3) is 0 Å². The van der Waals surface area contributed by atoms with Crippen LogP contribution in [0.4, 0.5) is 19.0 Å². The summed E-state index contributed by atoms with van der Waals surface area (Å²) in [6, 6.07) is 1.72. The topological polar surface area (TPSA) is 46.8 Å². The van der Waals surface area contributed by atoms with Crippen molar-refractivity contribution in [1.82, 2.24) is 19.7 Å². The first-order chi connectivity index (χ1) is 11.8. The Balaban J connectivity index is 1.62. The number of hydrogen-bond donors (Lipinski definition) is 0. The van der Waals surface area contributed by atoms with E-state index in [1.807, 2.05) is 10.9 Å². The number of aryl methyl sites for hydroxylation is 1. The van der Waals surface area contributed by atoms with Gasteiger partial charge in [0, 0.05) is 24.3 Å². The van der Waals surface area contributed by atoms with Crippen LogP contribution in [0.2, 0.25) is 0 Å². The van der Waals surface area contributed by atoms with Gasteiger partial charge in [0.15, 0.2) is 0 Å². The molecule has 25 heavy (non-hydrogen) atoms. The number of nitrogens with zero attached hydrogens (tertiary/aromatic N) is 5. The van der Waals surface area contributed by atoms with Crippen LogP contribution in [-0.2, 0) is 6.18 Å². The minimum atomic E-state index is -4.46. The highest BCUT2D eigenvalue weighted by atomic mass is 79.9. The molecule has 0 amide bonds. The van der Waals surface area contributed by atoms with Crippen molar-refractivity contribution in [3.63, 3.8) is 0 Å². The number of hydrogen-bond acceptors (Lipinski definition) is 4. The van der Waals surface area contributed by atoms with Crippen molar-refractivity contribution < 1.29 is 13.2 Å². The highest BCUT2D eigenvalue weighted by Crippen LogP contribution is 2.43. The predicted octanol–water partition coefficient (Wildman–Crippen LogP) is 4.14. The fraction of sp³-hybridized carbons (Fsp3) is 0.562. The van der Waals surface area contributed by atoms with Crippen molar-refractivity contribution in [2.24, 2.45) is 0 Å². The molecule has 2 aromatic heterocycles. The third-order valence-electron chi connectivity index (χ3n) is 5.03. The molecular weight excluding hydrogens is 399 g/mol. The maximum absolute atomic E-state index is 13.1. The van der Waals surface area contributed by atoms with Gasteiger partial charge in [0.1, 0.15) is 17.3 Å². The normalized spacial score (nSPS) is 26.3. The van der Waals surface area contributed by atoms with E-state index in [0.717, 1.165) is 36.2 Å². The number of halogens is 4. The van der Waals surface area contributed by atoms with Crippen molar-refractivity contribution in [1.29, 1.82) is 0 Å². The SMILES string of the molecule is Cc1nc(N2C3CCC2CC(n2cc(Br)cn2)C3)cc(C(F)(F)F)n1. The Hall–Kier alpha value is -1.64. The minimum Gasteiger partial charge on any atom is -0.350 e. The molecule has 0 radical (unpaired) electrons. The van der Waals surface area contributed by atoms with E-state index in [0.29, 0.717) is 5.82 Å². The zero-order valence-electron chi connectivity index (χ0n) is 13.5. The summed E-state index contributed by atoms with van der Waals surface area (Å²) >= 11 is 3.41. The standard InChI is InChI=1S/C16H17BrF3N5/c1-9-22-14(16(18,19)20)6-15(23-9)25-11-2-3-12(25)5-13(4-11)24-8-10(17)7-21-24/h6-8,11-13H,2-5H2,1H3. The third kappa shape index (κ3) is 3.14. The van der Waals surface area contributed by atoms with Crippen LogP contribution in [0.15, 0.2) is 22.9 Å². The van der Waals surface area contributed by atoms with Gasteiger partial charge in [0.2, 0.25) is 0 Å². The van der Waals surface area contributed by atoms with E-state index in [1.165, 1.54) is 6.92 Å². The van der Waals surface area contributed by atoms with Gasteiger partial charge in [0.05, 0.1) is 16.7 Å². The Kier molecular flexibility index (Phi) is 4.01. The molecule has 134 valence electrons. The molecular formula is C16H17BrF3N5. The van der Waals surface area contributed by atoms with Crippen LogP contribution in [-0.4, -0.2) is 31.8 Å². The van der Waals surface area contributed by atoms with E-state index in [1.54, 1.807) is 6.20 Å². The molecule has 0 saturated carbocycles. The zero-order chi connectivity index (χ0) is 17.8. The van der Waals surface area contributed by atoms with Gasteiger partial charge in [-0.25, -0.2) is 9.97 Å². The second-order valence-corrected chi connectivity index (χ2v) is 7.63. The van der Waals surface area contributed by atoms with E-state index >= 15 is 0 Å². The van der Waals surface area contributed by atoms with Crippen LogP contribution in [0.25, 0.3) is 0 Å². The molecule has 9 heteroatoms. The maximum Gasteiger partial charge on any atom is 0.433 e. The highest BCUT2D eigenvalue weighted by Gasteiger charge is 2.43. The first kappa shape index (κ1) is 16.8. The molecule has 2 unspecified atom stereocenters. The van der Waals surface area contributed by atoms with E-state index in [2.05, 4.69) is 35.9 Å². The highest BCUT2D eigenvalue weighted by molar-refractivity contribution is 9.10. The predicted molar refractivity (Wildman–Crippen MR) is 89.3 cm³/mol. The summed E-state index contributed by atoms with van der Waals surface area (Å²) in [7, 11) is 0. The lowest BCUT2D eigenvalue weighted by molar-refractivity contribution is -0.141. The molecule has 2 atom stereocenters. The van der Waals surface area contributed by atoms with Gasteiger partial charge in [-0.3, -0.25) is 4.68 Å². The molecule has 0 aromatic carbocycles. The molecule has 0 aliphatic carbocycles. The van der Waals surface area contributed by atoms with Gasteiger partial charge >= 0.3 is 6.18 Å². The number of anilines is 1. The zero-order valence-corrected chi connectivity index (χ0v) is 15.1. The smallest absolute Gasteiger partial charge is 0.350 e. The van der Waals surface area contributed by atoms with Crippen LogP contribution in [0.5, 0.6) is 0 Å². The molecule has 0 spiro atoms. The lowest BCUT2D eigenvalue weighted by Gasteiger charge is -2.40. The van der Waals surface area contributed by atoms with Gasteiger partial charge in [-0.2, -0.15) is 18.3 Å². The molecule has 2 bridgehead atoms. The fourth-order valence-electron chi connectivity index (χ4n) is 4.08. The Bertz CT molecular complexity index is 776. The lowest BCUT2D eigenvalue weighted by Crippen LogP contribution is -2.44. The van der Waals surface area contributed by atoms with Crippen LogP contribution < -0.4 is 4.90 Å². The summed E-state index contributed by atoms with van der Waals surface area (Å²) in [5.41, 5.74) is -0.868. The second kappa shape index (κ2) is 5.96. The number of piperidine rings is 1. The lowest BCUT2D eigenvalue weighted by atomic mass is 9.97. The van der Waals surface area contributed by atoms with Crippen LogP contribution in [0, 0.1) is 6.92 Å². The average molecular weight is 416 g/mol. The van der Waals surface area contributed by atoms with E-state index < -0.39 is 11.9 Å². The molecule has 2 fully saturated rings. The number of alkyl halides is 3.